The Balaban J connectivity index is 1.10. The van der Waals surface area contributed by atoms with Gasteiger partial charge in [0.2, 0.25) is 0 Å². The molecule has 7 nitrogen and oxygen atoms in total. The second-order valence-electron chi connectivity index (χ2n) is 11.8. The molecule has 3 aromatic rings. The quantitative estimate of drug-likeness (QED) is 0.498. The van der Waals surface area contributed by atoms with Gasteiger partial charge in [0.1, 0.15) is 17.5 Å². The third-order valence-corrected chi connectivity index (χ3v) is 9.21. The smallest absolute Gasteiger partial charge is 0.273 e. The van der Waals surface area contributed by atoms with E-state index in [0.717, 1.165) is 43.7 Å². The van der Waals surface area contributed by atoms with Crippen LogP contribution < -0.4 is 4.90 Å². The van der Waals surface area contributed by atoms with Crippen molar-refractivity contribution in [3.05, 3.63) is 65.6 Å². The van der Waals surface area contributed by atoms with E-state index in [2.05, 4.69) is 33.0 Å². The number of fused-ring (bicyclic) bond motifs is 1. The van der Waals surface area contributed by atoms with Crippen molar-refractivity contribution in [2.45, 2.75) is 30.6 Å². The summed E-state index contributed by atoms with van der Waals surface area (Å²) in [6, 6.07) is 15.2. The van der Waals surface area contributed by atoms with E-state index in [4.69, 9.17) is 4.98 Å². The lowest BCUT2D eigenvalue weighted by Crippen LogP contribution is -2.55. The zero-order valence-electron chi connectivity index (χ0n) is 21.9. The number of nitrogens with zero attached hydrogens (tertiary/aromatic N) is 6. The average molecular weight is 539 g/mol. The third kappa shape index (κ3) is 4.17. The van der Waals surface area contributed by atoms with Gasteiger partial charge >= 0.3 is 0 Å². The van der Waals surface area contributed by atoms with Crippen molar-refractivity contribution >= 4 is 5.69 Å². The number of aromatic nitrogens is 3. The molecule has 4 fully saturated rings. The maximum Gasteiger partial charge on any atom is 0.273 e. The highest BCUT2D eigenvalue weighted by Crippen LogP contribution is 2.64. The molecule has 7 rings (SSSR count). The zero-order valence-corrected chi connectivity index (χ0v) is 21.9. The first-order chi connectivity index (χ1) is 19.3. The molecule has 2 saturated carbocycles. The topological polar surface area (TPSA) is 89.2 Å². The van der Waals surface area contributed by atoms with E-state index in [0.29, 0.717) is 40.3 Å². The average Bonchev–Trinajstić information content (AvgIpc) is 3.11. The molecule has 0 amide bonds. The molecular weight excluding hydrogens is 510 g/mol. The fraction of sp³-hybridized carbons (Fsp3) is 0.419. The zero-order chi connectivity index (χ0) is 27.5. The van der Waals surface area contributed by atoms with E-state index in [1.54, 1.807) is 17.0 Å². The van der Waals surface area contributed by atoms with Gasteiger partial charge < -0.3 is 10.0 Å². The molecule has 1 N–H and O–H groups in total. The van der Waals surface area contributed by atoms with Crippen LogP contribution in [-0.4, -0.2) is 63.8 Å². The summed E-state index contributed by atoms with van der Waals surface area (Å²) in [4.78, 5) is 8.92. The van der Waals surface area contributed by atoms with Gasteiger partial charge in [-0.3, -0.25) is 4.90 Å². The number of likely N-dealkylation sites (tertiary alicyclic amines) is 1. The van der Waals surface area contributed by atoms with Crippen molar-refractivity contribution in [2.75, 3.05) is 37.6 Å². The first-order valence-corrected chi connectivity index (χ1v) is 13.7. The first kappa shape index (κ1) is 24.9. The molecule has 4 unspecified atom stereocenters. The van der Waals surface area contributed by atoms with Gasteiger partial charge in [0.15, 0.2) is 0 Å². The molecular formula is C31H28F2N6O. The van der Waals surface area contributed by atoms with Crippen LogP contribution >= 0.6 is 0 Å². The molecule has 202 valence electrons. The van der Waals surface area contributed by atoms with Crippen LogP contribution in [-0.2, 0) is 5.41 Å². The van der Waals surface area contributed by atoms with E-state index in [-0.39, 0.29) is 30.8 Å². The van der Waals surface area contributed by atoms with Gasteiger partial charge in [-0.25, -0.2) is 13.8 Å². The number of alkyl halides is 2. The Morgan fingerprint density at radius 2 is 1.95 bits per heavy atom. The molecule has 0 spiro atoms. The number of nitriles is 1. The van der Waals surface area contributed by atoms with Gasteiger partial charge in [-0.2, -0.15) is 15.5 Å². The number of phenolic OH excluding ortho intramolecular Hbond substituents is 1. The SMILES string of the molecule is N#Cc1ccc(C23CC4CC2C(CN(c2cnnc(-c5ccccc5O)c2)C4)C3)nc1C#CCN1CC(F)(F)C1. The van der Waals surface area contributed by atoms with Gasteiger partial charge in [0.05, 0.1) is 42.8 Å². The van der Waals surface area contributed by atoms with Gasteiger partial charge in [-0.15, -0.1) is 0 Å². The monoisotopic (exact) mass is 538 g/mol. The number of hydrogen-bond donors (Lipinski definition) is 1. The summed E-state index contributed by atoms with van der Waals surface area (Å²) in [6.07, 6.45) is 5.01. The predicted octanol–water partition coefficient (Wildman–Crippen LogP) is 4.22. The predicted molar refractivity (Wildman–Crippen MR) is 145 cm³/mol. The van der Waals surface area contributed by atoms with Crippen molar-refractivity contribution in [2.24, 2.45) is 17.8 Å². The molecule has 2 bridgehead atoms. The molecule has 9 heteroatoms. The maximum absolute atomic E-state index is 13.1. The van der Waals surface area contributed by atoms with Crippen LogP contribution in [0.15, 0.2) is 48.7 Å². The lowest BCUT2D eigenvalue weighted by molar-refractivity contribution is -0.125. The lowest BCUT2D eigenvalue weighted by Gasteiger charge is -2.53. The lowest BCUT2D eigenvalue weighted by atomic mass is 9.53. The van der Waals surface area contributed by atoms with Crippen molar-refractivity contribution < 1.29 is 13.9 Å². The van der Waals surface area contributed by atoms with E-state index >= 15 is 0 Å². The molecule has 0 radical (unpaired) electrons. The van der Waals surface area contributed by atoms with E-state index in [1.165, 1.54) is 0 Å². The number of para-hydroxylation sites is 1. The molecule has 4 atom stereocenters. The fourth-order valence-corrected chi connectivity index (χ4v) is 7.50. The second-order valence-corrected chi connectivity index (χ2v) is 11.8. The van der Waals surface area contributed by atoms with Crippen molar-refractivity contribution in [1.82, 2.24) is 20.1 Å². The number of halogens is 2. The first-order valence-electron chi connectivity index (χ1n) is 13.7. The Hall–Kier alpha value is -4.08. The summed E-state index contributed by atoms with van der Waals surface area (Å²) in [7, 11) is 0. The number of pyridine rings is 1. The Kier molecular flexibility index (Phi) is 5.76. The molecule has 4 aliphatic rings. The van der Waals surface area contributed by atoms with Crippen LogP contribution in [0.25, 0.3) is 11.3 Å². The molecule has 2 aromatic heterocycles. The van der Waals surface area contributed by atoms with Crippen LogP contribution in [0.4, 0.5) is 14.5 Å². The summed E-state index contributed by atoms with van der Waals surface area (Å²) in [6.45, 7) is 1.56. The van der Waals surface area contributed by atoms with E-state index in [1.807, 2.05) is 36.5 Å². The number of phenols is 1. The molecule has 2 aliphatic carbocycles. The molecule has 2 aliphatic heterocycles. The van der Waals surface area contributed by atoms with Crippen LogP contribution in [0, 0.1) is 40.9 Å². The van der Waals surface area contributed by atoms with Crippen LogP contribution in [0.3, 0.4) is 0 Å². The summed E-state index contributed by atoms with van der Waals surface area (Å²) in [5, 5.41) is 28.4. The minimum absolute atomic E-state index is 0.00283. The number of aromatic hydroxyl groups is 1. The Labute approximate surface area is 231 Å². The van der Waals surface area contributed by atoms with E-state index in [9.17, 15) is 19.1 Å². The van der Waals surface area contributed by atoms with Crippen molar-refractivity contribution in [3.63, 3.8) is 0 Å². The number of benzene rings is 1. The standard InChI is InChI=1S/C31H28F2N6O/c32-31(33)18-38(19-31)9-3-5-26-21(14-34)7-8-29(36-26)30-12-20-10-25(30)22(13-30)17-39(16-20)23-11-27(37-35-15-23)24-4-1-2-6-28(24)40/h1-2,4,6-8,11,15,20,22,25,40H,9-10,12-13,16-19H2. The fourth-order valence-electron chi connectivity index (χ4n) is 7.50. The van der Waals surface area contributed by atoms with Crippen molar-refractivity contribution in [3.8, 4) is 34.9 Å². The minimum atomic E-state index is -2.62. The highest BCUT2D eigenvalue weighted by atomic mass is 19.3. The molecule has 2 saturated heterocycles. The summed E-state index contributed by atoms with van der Waals surface area (Å²) in [5.41, 5.74) is 4.24. The Bertz CT molecular complexity index is 1580. The largest absolute Gasteiger partial charge is 0.507 e. The highest BCUT2D eigenvalue weighted by molar-refractivity contribution is 5.69. The third-order valence-electron chi connectivity index (χ3n) is 9.21. The van der Waals surface area contributed by atoms with Crippen LogP contribution in [0.5, 0.6) is 5.75 Å². The molecule has 40 heavy (non-hydrogen) atoms. The van der Waals surface area contributed by atoms with E-state index < -0.39 is 5.92 Å². The Morgan fingerprint density at radius 3 is 2.75 bits per heavy atom. The summed E-state index contributed by atoms with van der Waals surface area (Å²) >= 11 is 0. The van der Waals surface area contributed by atoms with Crippen LogP contribution in [0.1, 0.15) is 36.2 Å². The second kappa shape index (κ2) is 9.25. The minimum Gasteiger partial charge on any atom is -0.507 e. The van der Waals surface area contributed by atoms with Crippen molar-refractivity contribution in [1.29, 1.82) is 5.26 Å². The maximum atomic E-state index is 13.1. The number of anilines is 1. The highest BCUT2D eigenvalue weighted by Gasteiger charge is 2.62. The van der Waals surface area contributed by atoms with Crippen LogP contribution in [0.2, 0.25) is 0 Å². The summed E-state index contributed by atoms with van der Waals surface area (Å²) in [5.74, 6) is 5.06. The van der Waals surface area contributed by atoms with Gasteiger partial charge in [-0.1, -0.05) is 18.1 Å². The normalized spacial score (nSPS) is 27.9. The Morgan fingerprint density at radius 1 is 1.10 bits per heavy atom. The molecule has 4 heterocycles. The van der Waals surface area contributed by atoms with Gasteiger partial charge in [0, 0.05) is 29.8 Å². The number of hydrogen-bond acceptors (Lipinski definition) is 7. The van der Waals surface area contributed by atoms with Gasteiger partial charge in [0.25, 0.3) is 5.92 Å². The summed E-state index contributed by atoms with van der Waals surface area (Å²) < 4.78 is 26.3. The van der Waals surface area contributed by atoms with Gasteiger partial charge in [-0.05, 0) is 73.3 Å². The number of rotatable bonds is 4. The molecule has 1 aromatic carbocycles.